The van der Waals surface area contributed by atoms with Gasteiger partial charge in [-0.15, -0.1) is 0 Å². The molecule has 0 aliphatic rings. The molecule has 0 unspecified atom stereocenters. The summed E-state index contributed by atoms with van der Waals surface area (Å²) in [6.07, 6.45) is 0. The van der Waals surface area contributed by atoms with Gasteiger partial charge in [0.2, 0.25) is 5.88 Å². The molecule has 0 amide bonds. The first kappa shape index (κ1) is 10.5. The van der Waals surface area contributed by atoms with Crippen LogP contribution in [0.4, 0.5) is 0 Å². The van der Waals surface area contributed by atoms with Gasteiger partial charge in [-0.2, -0.15) is 13.6 Å². The van der Waals surface area contributed by atoms with E-state index < -0.39 is 10.3 Å². The third kappa shape index (κ3) is 3.77. The van der Waals surface area contributed by atoms with Crippen LogP contribution < -0.4 is 9.32 Å². The summed E-state index contributed by atoms with van der Waals surface area (Å²) in [7, 11) is -4.09. The van der Waals surface area contributed by atoms with Crippen LogP contribution in [0.25, 0.3) is 0 Å². The summed E-state index contributed by atoms with van der Waals surface area (Å²) >= 11 is 11.0. The molecule has 1 rings (SSSR count). The van der Waals surface area contributed by atoms with Crippen molar-refractivity contribution in [3.05, 3.63) is 22.3 Å². The van der Waals surface area contributed by atoms with Crippen molar-refractivity contribution in [3.63, 3.8) is 0 Å². The lowest BCUT2D eigenvalue weighted by atomic mass is 10.5. The molecule has 8 heteroatoms. The van der Waals surface area contributed by atoms with Gasteiger partial charge in [0.1, 0.15) is 5.15 Å². The number of hydrogen-bond donors (Lipinski definition) is 1. The van der Waals surface area contributed by atoms with Gasteiger partial charge < -0.3 is 4.18 Å². The number of pyridine rings is 1. The Balaban J connectivity index is 3.03. The Kier molecular flexibility index (Phi) is 2.97. The number of rotatable bonds is 2. The lowest BCUT2D eigenvalue weighted by Crippen LogP contribution is -2.19. The highest BCUT2D eigenvalue weighted by atomic mass is 35.5. The number of nitrogens with two attached hydrogens (primary N) is 1. The average Bonchev–Trinajstić information content (AvgIpc) is 1.78. The lowest BCUT2D eigenvalue weighted by Gasteiger charge is -2.01. The fourth-order valence-electron chi connectivity index (χ4n) is 0.605. The van der Waals surface area contributed by atoms with Gasteiger partial charge >= 0.3 is 10.3 Å². The SMILES string of the molecule is NS(=O)(=O)Oc1cc(Cl)cc(Cl)n1. The van der Waals surface area contributed by atoms with Crippen LogP contribution in [0.1, 0.15) is 0 Å². The molecule has 1 heterocycles. The predicted molar refractivity (Wildman–Crippen MR) is 48.0 cm³/mol. The smallest absolute Gasteiger partial charge is 0.350 e. The molecule has 0 aromatic carbocycles. The van der Waals surface area contributed by atoms with Gasteiger partial charge in [-0.05, 0) is 6.07 Å². The second-order valence-corrected chi connectivity index (χ2v) is 4.00. The highest BCUT2D eigenvalue weighted by Gasteiger charge is 2.07. The van der Waals surface area contributed by atoms with Gasteiger partial charge in [0.25, 0.3) is 0 Å². The summed E-state index contributed by atoms with van der Waals surface area (Å²) in [4.78, 5) is 3.52. The highest BCUT2D eigenvalue weighted by molar-refractivity contribution is 7.84. The number of halogens is 2. The molecule has 72 valence electrons. The van der Waals surface area contributed by atoms with Gasteiger partial charge in [-0.25, -0.2) is 4.98 Å². The molecule has 0 fully saturated rings. The largest absolute Gasteiger partial charge is 0.381 e. The van der Waals surface area contributed by atoms with Gasteiger partial charge in [0.15, 0.2) is 0 Å². The highest BCUT2D eigenvalue weighted by Crippen LogP contribution is 2.20. The van der Waals surface area contributed by atoms with Crippen molar-refractivity contribution in [3.8, 4) is 5.88 Å². The van der Waals surface area contributed by atoms with Gasteiger partial charge in [0.05, 0.1) is 0 Å². The number of nitrogens with zero attached hydrogens (tertiary/aromatic N) is 1. The summed E-state index contributed by atoms with van der Waals surface area (Å²) in [6, 6.07) is 2.51. The summed E-state index contributed by atoms with van der Waals surface area (Å²) in [5.74, 6) is -0.264. The van der Waals surface area contributed by atoms with E-state index in [9.17, 15) is 8.42 Å². The fourth-order valence-corrected chi connectivity index (χ4v) is 1.38. The van der Waals surface area contributed by atoms with E-state index in [1.807, 2.05) is 0 Å². The van der Waals surface area contributed by atoms with E-state index in [1.54, 1.807) is 0 Å². The molecule has 1 aromatic rings. The normalized spacial score (nSPS) is 11.3. The molecule has 0 saturated carbocycles. The average molecular weight is 243 g/mol. The van der Waals surface area contributed by atoms with Crippen molar-refractivity contribution < 1.29 is 12.6 Å². The zero-order valence-electron chi connectivity index (χ0n) is 6.07. The Labute approximate surface area is 84.7 Å². The third-order valence-electron chi connectivity index (χ3n) is 0.937. The van der Waals surface area contributed by atoms with E-state index in [1.165, 1.54) is 12.1 Å². The van der Waals surface area contributed by atoms with E-state index in [2.05, 4.69) is 14.3 Å². The van der Waals surface area contributed by atoms with Crippen molar-refractivity contribution in [2.24, 2.45) is 5.14 Å². The van der Waals surface area contributed by atoms with E-state index in [0.717, 1.165) is 0 Å². The van der Waals surface area contributed by atoms with Crippen LogP contribution in [0.15, 0.2) is 12.1 Å². The van der Waals surface area contributed by atoms with E-state index in [-0.39, 0.29) is 16.1 Å². The van der Waals surface area contributed by atoms with Crippen LogP contribution in [-0.4, -0.2) is 13.4 Å². The standard InChI is InChI=1S/C5H4Cl2N2O3S/c6-3-1-4(7)9-5(2-3)12-13(8,10)11/h1-2H,(H2,8,10,11). The molecule has 5 nitrogen and oxygen atoms in total. The Hall–Kier alpha value is -0.560. The van der Waals surface area contributed by atoms with Crippen LogP contribution >= 0.6 is 23.2 Å². The first-order chi connectivity index (χ1) is 5.87. The van der Waals surface area contributed by atoms with Gasteiger partial charge in [0, 0.05) is 11.1 Å². The summed E-state index contributed by atoms with van der Waals surface area (Å²) in [5.41, 5.74) is 0. The maximum Gasteiger partial charge on any atom is 0.381 e. The quantitative estimate of drug-likeness (QED) is 0.784. The third-order valence-corrected chi connectivity index (χ3v) is 1.75. The monoisotopic (exact) mass is 242 g/mol. The Morgan fingerprint density at radius 2 is 2.00 bits per heavy atom. The maximum atomic E-state index is 10.5. The molecular formula is C5H4Cl2N2O3S. The Morgan fingerprint density at radius 3 is 2.46 bits per heavy atom. The minimum atomic E-state index is -4.09. The van der Waals surface area contributed by atoms with Gasteiger partial charge in [-0.1, -0.05) is 23.2 Å². The van der Waals surface area contributed by atoms with Crippen LogP contribution in [-0.2, 0) is 10.3 Å². The van der Waals surface area contributed by atoms with Crippen LogP contribution in [0.5, 0.6) is 5.88 Å². The van der Waals surface area contributed by atoms with Crippen molar-refractivity contribution in [1.82, 2.24) is 4.98 Å². The first-order valence-corrected chi connectivity index (χ1v) is 5.15. The van der Waals surface area contributed by atoms with Crippen molar-refractivity contribution >= 4 is 33.5 Å². The molecule has 0 aliphatic carbocycles. The van der Waals surface area contributed by atoms with Crippen molar-refractivity contribution in [2.45, 2.75) is 0 Å². The second-order valence-electron chi connectivity index (χ2n) is 2.02. The van der Waals surface area contributed by atoms with E-state index >= 15 is 0 Å². The fraction of sp³-hybridized carbons (Fsp3) is 0. The molecular weight excluding hydrogens is 239 g/mol. The second kappa shape index (κ2) is 3.67. The molecule has 0 saturated heterocycles. The molecule has 2 N–H and O–H groups in total. The lowest BCUT2D eigenvalue weighted by molar-refractivity contribution is 0.478. The Morgan fingerprint density at radius 1 is 1.38 bits per heavy atom. The van der Waals surface area contributed by atoms with Crippen molar-refractivity contribution in [1.29, 1.82) is 0 Å². The van der Waals surface area contributed by atoms with Crippen molar-refractivity contribution in [2.75, 3.05) is 0 Å². The molecule has 0 spiro atoms. The number of hydrogen-bond acceptors (Lipinski definition) is 4. The predicted octanol–water partition coefficient (Wildman–Crippen LogP) is 0.971. The zero-order valence-corrected chi connectivity index (χ0v) is 8.40. The summed E-state index contributed by atoms with van der Waals surface area (Å²) < 4.78 is 25.1. The molecule has 0 radical (unpaired) electrons. The molecule has 1 aromatic heterocycles. The van der Waals surface area contributed by atoms with Crippen LogP contribution in [0, 0.1) is 0 Å². The molecule has 0 atom stereocenters. The zero-order chi connectivity index (χ0) is 10.1. The Bertz CT molecular complexity index is 400. The summed E-state index contributed by atoms with van der Waals surface area (Å²) in [5, 5.41) is 4.82. The van der Waals surface area contributed by atoms with Gasteiger partial charge in [-0.3, -0.25) is 0 Å². The molecule has 13 heavy (non-hydrogen) atoms. The minimum absolute atomic E-state index is 0.0196. The topological polar surface area (TPSA) is 82.3 Å². The minimum Gasteiger partial charge on any atom is -0.350 e. The first-order valence-electron chi connectivity index (χ1n) is 2.92. The van der Waals surface area contributed by atoms with Crippen LogP contribution in [0.3, 0.4) is 0 Å². The van der Waals surface area contributed by atoms with E-state index in [0.29, 0.717) is 0 Å². The molecule has 0 bridgehead atoms. The van der Waals surface area contributed by atoms with Crippen LogP contribution in [0.2, 0.25) is 10.2 Å². The molecule has 0 aliphatic heterocycles. The summed E-state index contributed by atoms with van der Waals surface area (Å²) in [6.45, 7) is 0. The number of aromatic nitrogens is 1. The maximum absolute atomic E-state index is 10.5. The van der Waals surface area contributed by atoms with E-state index in [4.69, 9.17) is 23.2 Å².